The van der Waals surface area contributed by atoms with Crippen molar-refractivity contribution in [3.05, 3.63) is 73.5 Å². The normalized spacial score (nSPS) is 14.6. The van der Waals surface area contributed by atoms with Crippen LogP contribution in [0.3, 0.4) is 0 Å². The van der Waals surface area contributed by atoms with Crippen LogP contribution in [0.4, 0.5) is 5.82 Å². The molecule has 0 aromatic carbocycles. The maximum atomic E-state index is 10.9. The van der Waals surface area contributed by atoms with Crippen molar-refractivity contribution in [2.75, 3.05) is 78.4 Å². The summed E-state index contributed by atoms with van der Waals surface area (Å²) in [5, 5.41) is 3.27. The standard InChI is InChI=1S/C13H22N4.C8H12N2O.C6H7ClN2O.C5H12N2.CH5N/c1-4-5-12-10-13(15-11(2)14-12)17-8-6-16(3)7-9-17;1-3-4-7-5-8(11)10-6(2)9-7;1-4-8-5(3-7)2-6(10)9-4;1-7-4-2-6-3-5-7;1-2/h10H,4-9H2,1-3H3;5H,3-4H2,1-2H3,(H,9,10,11);2H,3H2,1H3,(H,8,9,10);6H,2-5H2,1H3;2H2,1H3. The van der Waals surface area contributed by atoms with Crippen LogP contribution >= 0.6 is 11.6 Å². The molecule has 3 aromatic heterocycles. The number of aryl methyl sites for hydroxylation is 5. The first kappa shape index (κ1) is 41.8. The van der Waals surface area contributed by atoms with Gasteiger partial charge in [0.1, 0.15) is 23.3 Å². The third kappa shape index (κ3) is 18.0. The summed E-state index contributed by atoms with van der Waals surface area (Å²) in [5.74, 6) is 3.58. The fourth-order valence-corrected chi connectivity index (χ4v) is 4.84. The predicted octanol–water partition coefficient (Wildman–Crippen LogP) is 2.43. The van der Waals surface area contributed by atoms with E-state index in [-0.39, 0.29) is 17.0 Å². The van der Waals surface area contributed by atoms with Crippen LogP contribution in [0.25, 0.3) is 0 Å². The number of hydrogen-bond acceptors (Lipinski definition) is 11. The monoisotopic (exact) mass is 675 g/mol. The van der Waals surface area contributed by atoms with Crippen LogP contribution in [0.2, 0.25) is 0 Å². The van der Waals surface area contributed by atoms with Crippen LogP contribution in [0.1, 0.15) is 61.2 Å². The van der Waals surface area contributed by atoms with Crippen molar-refractivity contribution < 1.29 is 0 Å². The number of likely N-dealkylation sites (N-methyl/N-ethyl adjacent to an activating group) is 2. The average molecular weight is 676 g/mol. The Morgan fingerprint density at radius 1 is 0.702 bits per heavy atom. The van der Waals surface area contributed by atoms with Gasteiger partial charge in [-0.1, -0.05) is 26.7 Å². The van der Waals surface area contributed by atoms with E-state index in [9.17, 15) is 9.59 Å². The minimum absolute atomic E-state index is 0.0547. The zero-order valence-corrected chi connectivity index (χ0v) is 30.6. The van der Waals surface area contributed by atoms with Gasteiger partial charge in [-0.2, -0.15) is 0 Å². The number of alkyl halides is 1. The van der Waals surface area contributed by atoms with Crippen LogP contribution in [0.15, 0.2) is 27.8 Å². The van der Waals surface area contributed by atoms with E-state index in [4.69, 9.17) is 11.6 Å². The number of nitrogens with one attached hydrogen (secondary N) is 3. The first-order valence-electron chi connectivity index (χ1n) is 16.5. The molecule has 2 fully saturated rings. The molecular weight excluding hydrogens is 618 g/mol. The SMILES string of the molecule is CCCc1cc(=O)[nH]c(C)n1.CCCc1cc(N2CCN(C)CC2)nc(C)n1.CN.CN1CCNCC1.Cc1nc(CCl)cc(=O)[nH]1. The van der Waals surface area contributed by atoms with Crippen LogP contribution in [0, 0.1) is 20.8 Å². The van der Waals surface area contributed by atoms with E-state index >= 15 is 0 Å². The van der Waals surface area contributed by atoms with E-state index in [1.807, 2.05) is 6.92 Å². The average Bonchev–Trinajstić information content (AvgIpc) is 3.03. The third-order valence-corrected chi connectivity index (χ3v) is 7.29. The van der Waals surface area contributed by atoms with Crippen molar-refractivity contribution in [3.63, 3.8) is 0 Å². The molecule has 0 radical (unpaired) electrons. The Kier molecular flexibility index (Phi) is 21.3. The lowest BCUT2D eigenvalue weighted by Crippen LogP contribution is -2.44. The highest BCUT2D eigenvalue weighted by Crippen LogP contribution is 2.15. The van der Waals surface area contributed by atoms with Gasteiger partial charge in [-0.25, -0.2) is 19.9 Å². The molecule has 2 saturated heterocycles. The van der Waals surface area contributed by atoms with E-state index in [1.54, 1.807) is 19.9 Å². The second kappa shape index (κ2) is 24.0. The predicted molar refractivity (Wildman–Crippen MR) is 194 cm³/mol. The number of aromatic nitrogens is 6. The second-order valence-corrected chi connectivity index (χ2v) is 11.7. The molecule has 0 amide bonds. The number of nitrogens with two attached hydrogens (primary N) is 1. The number of anilines is 1. The van der Waals surface area contributed by atoms with Gasteiger partial charge in [-0.3, -0.25) is 9.59 Å². The number of hydrogen-bond donors (Lipinski definition) is 4. The Morgan fingerprint density at radius 2 is 1.17 bits per heavy atom. The summed E-state index contributed by atoms with van der Waals surface area (Å²) in [6, 6.07) is 5.10. The molecular formula is C33H58ClN11O2. The summed E-state index contributed by atoms with van der Waals surface area (Å²) in [6.07, 6.45) is 4.09. The Labute approximate surface area is 285 Å². The van der Waals surface area contributed by atoms with Crippen molar-refractivity contribution in [1.29, 1.82) is 0 Å². The Hall–Kier alpha value is -3.23. The molecule has 0 aliphatic carbocycles. The quantitative estimate of drug-likeness (QED) is 0.284. The molecule has 0 bridgehead atoms. The molecule has 5 rings (SSSR count). The van der Waals surface area contributed by atoms with Gasteiger partial charge in [0.25, 0.3) is 11.1 Å². The van der Waals surface area contributed by atoms with Gasteiger partial charge < -0.3 is 35.7 Å². The van der Waals surface area contributed by atoms with E-state index in [2.05, 4.69) is 89.7 Å². The Balaban J connectivity index is 0.000000323. The number of nitrogens with zero attached hydrogens (tertiary/aromatic N) is 7. The zero-order valence-electron chi connectivity index (χ0n) is 29.8. The summed E-state index contributed by atoms with van der Waals surface area (Å²) in [7, 11) is 5.83. The molecule has 47 heavy (non-hydrogen) atoms. The molecule has 13 nitrogen and oxygen atoms in total. The molecule has 0 spiro atoms. The molecule has 2 aliphatic rings. The van der Waals surface area contributed by atoms with E-state index < -0.39 is 0 Å². The fourth-order valence-electron chi connectivity index (χ4n) is 4.71. The van der Waals surface area contributed by atoms with Gasteiger partial charge in [-0.05, 0) is 54.8 Å². The molecule has 14 heteroatoms. The highest BCUT2D eigenvalue weighted by Gasteiger charge is 2.16. The summed E-state index contributed by atoms with van der Waals surface area (Å²) >= 11 is 5.46. The van der Waals surface area contributed by atoms with Gasteiger partial charge >= 0.3 is 0 Å². The summed E-state index contributed by atoms with van der Waals surface area (Å²) < 4.78 is 0. The smallest absolute Gasteiger partial charge is 0.251 e. The van der Waals surface area contributed by atoms with Crippen LogP contribution < -0.4 is 27.1 Å². The highest BCUT2D eigenvalue weighted by atomic mass is 35.5. The van der Waals surface area contributed by atoms with Crippen LogP contribution in [0.5, 0.6) is 0 Å². The molecule has 264 valence electrons. The van der Waals surface area contributed by atoms with Crippen molar-refractivity contribution in [3.8, 4) is 0 Å². The summed E-state index contributed by atoms with van der Waals surface area (Å²) in [4.78, 5) is 51.0. The number of aromatic amines is 2. The molecule has 5 heterocycles. The first-order valence-corrected chi connectivity index (χ1v) is 17.0. The van der Waals surface area contributed by atoms with Gasteiger partial charge in [0.15, 0.2) is 0 Å². The van der Waals surface area contributed by atoms with Gasteiger partial charge in [0, 0.05) is 81.9 Å². The lowest BCUT2D eigenvalue weighted by atomic mass is 10.2. The van der Waals surface area contributed by atoms with Gasteiger partial charge in [-0.15, -0.1) is 11.6 Å². The van der Waals surface area contributed by atoms with Crippen molar-refractivity contribution >= 4 is 17.4 Å². The Bertz CT molecular complexity index is 1390. The van der Waals surface area contributed by atoms with Crippen molar-refractivity contribution in [2.45, 2.75) is 66.2 Å². The van der Waals surface area contributed by atoms with Gasteiger partial charge in [0.05, 0.1) is 11.6 Å². The molecule has 0 saturated carbocycles. The number of H-pyrrole nitrogens is 2. The van der Waals surface area contributed by atoms with Gasteiger partial charge in [0.2, 0.25) is 0 Å². The molecule has 0 atom stereocenters. The largest absolute Gasteiger partial charge is 0.354 e. The van der Waals surface area contributed by atoms with Crippen molar-refractivity contribution in [2.24, 2.45) is 5.73 Å². The molecule has 3 aromatic rings. The van der Waals surface area contributed by atoms with Crippen LogP contribution in [-0.2, 0) is 18.7 Å². The van der Waals surface area contributed by atoms with E-state index in [0.717, 1.165) is 82.3 Å². The van der Waals surface area contributed by atoms with Crippen molar-refractivity contribution in [1.82, 2.24) is 45.0 Å². The molecule has 0 unspecified atom stereocenters. The minimum Gasteiger partial charge on any atom is -0.354 e. The number of rotatable bonds is 6. The number of piperazine rings is 2. The maximum Gasteiger partial charge on any atom is 0.251 e. The topological polar surface area (TPSA) is 165 Å². The summed E-state index contributed by atoms with van der Waals surface area (Å²) in [6.45, 7) is 18.9. The maximum absolute atomic E-state index is 10.9. The lowest BCUT2D eigenvalue weighted by molar-refractivity contribution is 0.291. The lowest BCUT2D eigenvalue weighted by Gasteiger charge is -2.33. The minimum atomic E-state index is -0.150. The second-order valence-electron chi connectivity index (χ2n) is 11.4. The first-order chi connectivity index (χ1) is 22.5. The highest BCUT2D eigenvalue weighted by molar-refractivity contribution is 6.16. The van der Waals surface area contributed by atoms with E-state index in [0.29, 0.717) is 17.3 Å². The van der Waals surface area contributed by atoms with E-state index in [1.165, 1.54) is 31.9 Å². The number of halogens is 1. The zero-order chi connectivity index (χ0) is 35.2. The molecule has 2 aliphatic heterocycles. The Morgan fingerprint density at radius 3 is 1.62 bits per heavy atom. The van der Waals surface area contributed by atoms with Crippen LogP contribution in [-0.4, -0.2) is 113 Å². The summed E-state index contributed by atoms with van der Waals surface area (Å²) in [5.41, 5.74) is 6.97. The fraction of sp³-hybridized carbons (Fsp3) is 0.636. The third-order valence-electron chi connectivity index (χ3n) is 7.02. The molecule has 5 N–H and O–H groups in total.